The van der Waals surface area contributed by atoms with Crippen LogP contribution in [0, 0.1) is 0 Å². The number of hydrogen-bond acceptors (Lipinski definition) is 4. The first kappa shape index (κ1) is 16.2. The van der Waals surface area contributed by atoms with Gasteiger partial charge in [0.15, 0.2) is 0 Å². The molecule has 0 heterocycles. The van der Waals surface area contributed by atoms with E-state index in [9.17, 15) is 9.90 Å². The summed E-state index contributed by atoms with van der Waals surface area (Å²) in [6, 6.07) is -0.00337. The smallest absolute Gasteiger partial charge is 0.410 e. The maximum Gasteiger partial charge on any atom is 0.410 e. The summed E-state index contributed by atoms with van der Waals surface area (Å²) in [4.78, 5) is 13.4. The molecule has 2 N–H and O–H groups in total. The number of aliphatic hydroxyl groups is 1. The molecule has 5 nitrogen and oxygen atoms in total. The molecule has 1 atom stereocenters. The van der Waals surface area contributed by atoms with Crippen LogP contribution in [-0.2, 0) is 4.74 Å². The number of hydrogen-bond donors (Lipinski definition) is 2. The van der Waals surface area contributed by atoms with Gasteiger partial charge in [-0.2, -0.15) is 0 Å². The lowest BCUT2D eigenvalue weighted by atomic mass is 10.2. The van der Waals surface area contributed by atoms with Crippen molar-refractivity contribution in [1.82, 2.24) is 10.2 Å². The van der Waals surface area contributed by atoms with Crippen molar-refractivity contribution in [3.63, 3.8) is 0 Å². The Morgan fingerprint density at radius 2 is 1.94 bits per heavy atom. The van der Waals surface area contributed by atoms with Crippen LogP contribution in [0.4, 0.5) is 4.79 Å². The first-order valence-corrected chi connectivity index (χ1v) is 5.99. The number of nitrogens with one attached hydrogen (secondary N) is 1. The topological polar surface area (TPSA) is 61.8 Å². The second kappa shape index (κ2) is 6.81. The summed E-state index contributed by atoms with van der Waals surface area (Å²) < 4.78 is 5.30. The molecule has 0 fully saturated rings. The number of amides is 1. The van der Waals surface area contributed by atoms with Crippen LogP contribution in [0.2, 0.25) is 0 Å². The molecule has 0 unspecified atom stereocenters. The molecule has 0 saturated heterocycles. The quantitative estimate of drug-likeness (QED) is 0.765. The van der Waals surface area contributed by atoms with Gasteiger partial charge in [0, 0.05) is 12.6 Å². The van der Waals surface area contributed by atoms with E-state index in [1.54, 1.807) is 7.05 Å². The maximum absolute atomic E-state index is 11.9. The van der Waals surface area contributed by atoms with Gasteiger partial charge in [0.05, 0.1) is 12.6 Å². The van der Waals surface area contributed by atoms with Crippen LogP contribution in [0.1, 0.15) is 34.6 Å². The van der Waals surface area contributed by atoms with E-state index < -0.39 is 11.7 Å². The van der Waals surface area contributed by atoms with Crippen molar-refractivity contribution in [1.29, 1.82) is 0 Å². The van der Waals surface area contributed by atoms with Crippen LogP contribution in [-0.4, -0.2) is 54.0 Å². The zero-order valence-corrected chi connectivity index (χ0v) is 11.8. The van der Waals surface area contributed by atoms with Gasteiger partial charge < -0.3 is 20.1 Å². The minimum absolute atomic E-state index is 0.00337. The second-order valence-electron chi connectivity index (χ2n) is 5.44. The van der Waals surface area contributed by atoms with E-state index in [-0.39, 0.29) is 18.7 Å². The fraction of sp³-hybridized carbons (Fsp3) is 0.917. The van der Waals surface area contributed by atoms with E-state index in [0.29, 0.717) is 6.54 Å². The third-order valence-electron chi connectivity index (χ3n) is 2.10. The fourth-order valence-corrected chi connectivity index (χ4v) is 1.34. The highest BCUT2D eigenvalue weighted by Crippen LogP contribution is 2.12. The zero-order valence-electron chi connectivity index (χ0n) is 11.8. The predicted octanol–water partition coefficient (Wildman–Crippen LogP) is 1.21. The molecule has 0 spiro atoms. The van der Waals surface area contributed by atoms with Crippen LogP contribution < -0.4 is 5.32 Å². The molecule has 0 aliphatic rings. The van der Waals surface area contributed by atoms with E-state index >= 15 is 0 Å². The van der Waals surface area contributed by atoms with Gasteiger partial charge in [0.1, 0.15) is 5.60 Å². The minimum Gasteiger partial charge on any atom is -0.444 e. The van der Waals surface area contributed by atoms with Crippen molar-refractivity contribution in [3.05, 3.63) is 0 Å². The molecular weight excluding hydrogens is 220 g/mol. The van der Waals surface area contributed by atoms with E-state index in [2.05, 4.69) is 5.32 Å². The Kier molecular flexibility index (Phi) is 6.49. The molecule has 0 rings (SSSR count). The van der Waals surface area contributed by atoms with Crippen LogP contribution in [0.3, 0.4) is 0 Å². The van der Waals surface area contributed by atoms with E-state index in [4.69, 9.17) is 4.74 Å². The molecule has 0 saturated carbocycles. The summed E-state index contributed by atoms with van der Waals surface area (Å²) in [6.45, 7) is 10.00. The van der Waals surface area contributed by atoms with Crippen LogP contribution >= 0.6 is 0 Å². The summed E-state index contributed by atoms with van der Waals surface area (Å²) in [5.74, 6) is 0. The SMILES string of the molecule is CNC[C@H](O)CN(C(=O)OC(C)(C)C)C(C)C. The van der Waals surface area contributed by atoms with Gasteiger partial charge in [0.2, 0.25) is 0 Å². The lowest BCUT2D eigenvalue weighted by Crippen LogP contribution is -2.46. The summed E-state index contributed by atoms with van der Waals surface area (Å²) in [7, 11) is 1.76. The molecule has 0 aromatic heterocycles. The zero-order chi connectivity index (χ0) is 13.6. The Morgan fingerprint density at radius 3 is 2.29 bits per heavy atom. The first-order chi connectivity index (χ1) is 7.67. The Hall–Kier alpha value is -0.810. The van der Waals surface area contributed by atoms with Gasteiger partial charge in [-0.3, -0.25) is 0 Å². The second-order valence-corrected chi connectivity index (χ2v) is 5.44. The molecule has 5 heteroatoms. The van der Waals surface area contributed by atoms with Gasteiger partial charge in [-0.1, -0.05) is 0 Å². The number of aliphatic hydroxyl groups excluding tert-OH is 1. The summed E-state index contributed by atoms with van der Waals surface area (Å²) >= 11 is 0. The predicted molar refractivity (Wildman–Crippen MR) is 68.0 cm³/mol. The number of ether oxygens (including phenoxy) is 1. The number of carbonyl (C=O) groups excluding carboxylic acids is 1. The van der Waals surface area contributed by atoms with Crippen LogP contribution in [0.5, 0.6) is 0 Å². The highest BCUT2D eigenvalue weighted by molar-refractivity contribution is 5.68. The van der Waals surface area contributed by atoms with E-state index in [0.717, 1.165) is 0 Å². The molecule has 1 amide bonds. The monoisotopic (exact) mass is 246 g/mol. The van der Waals surface area contributed by atoms with Crippen molar-refractivity contribution in [2.45, 2.75) is 52.4 Å². The fourth-order valence-electron chi connectivity index (χ4n) is 1.34. The normalized spacial score (nSPS) is 13.6. The van der Waals surface area contributed by atoms with Gasteiger partial charge >= 0.3 is 6.09 Å². The van der Waals surface area contributed by atoms with Gasteiger partial charge in [-0.25, -0.2) is 4.79 Å². The first-order valence-electron chi connectivity index (χ1n) is 5.99. The van der Waals surface area contributed by atoms with Gasteiger partial charge in [0.25, 0.3) is 0 Å². The molecule has 0 aromatic rings. The highest BCUT2D eigenvalue weighted by Gasteiger charge is 2.25. The number of likely N-dealkylation sites (N-methyl/N-ethyl adjacent to an activating group) is 1. The number of rotatable bonds is 5. The molecule has 0 radical (unpaired) electrons. The summed E-state index contributed by atoms with van der Waals surface area (Å²) in [6.07, 6.45) is -0.974. The van der Waals surface area contributed by atoms with Crippen molar-refractivity contribution in [2.75, 3.05) is 20.1 Å². The average molecular weight is 246 g/mol. The lowest BCUT2D eigenvalue weighted by Gasteiger charge is -2.31. The average Bonchev–Trinajstić information content (AvgIpc) is 2.11. The van der Waals surface area contributed by atoms with Crippen LogP contribution in [0.25, 0.3) is 0 Å². The van der Waals surface area contributed by atoms with Crippen molar-refractivity contribution in [3.8, 4) is 0 Å². The van der Waals surface area contributed by atoms with Crippen molar-refractivity contribution < 1.29 is 14.6 Å². The van der Waals surface area contributed by atoms with Crippen molar-refractivity contribution in [2.24, 2.45) is 0 Å². The largest absolute Gasteiger partial charge is 0.444 e. The third kappa shape index (κ3) is 7.18. The molecule has 0 aromatic carbocycles. The Bertz CT molecular complexity index is 236. The Balaban J connectivity index is 4.47. The van der Waals surface area contributed by atoms with Gasteiger partial charge in [-0.15, -0.1) is 0 Å². The molecule has 0 bridgehead atoms. The standard InChI is InChI=1S/C12H26N2O3/c1-9(2)14(8-10(15)7-13-6)11(16)17-12(3,4)5/h9-10,13,15H,7-8H2,1-6H3/t10-/m0/s1. The number of carbonyl (C=O) groups is 1. The van der Waals surface area contributed by atoms with Gasteiger partial charge in [-0.05, 0) is 41.7 Å². The molecule has 0 aliphatic carbocycles. The Morgan fingerprint density at radius 1 is 1.41 bits per heavy atom. The Labute approximate surface area is 104 Å². The van der Waals surface area contributed by atoms with E-state index in [1.807, 2.05) is 34.6 Å². The minimum atomic E-state index is -0.588. The number of nitrogens with zero attached hydrogens (tertiary/aromatic N) is 1. The van der Waals surface area contributed by atoms with E-state index in [1.165, 1.54) is 4.90 Å². The third-order valence-corrected chi connectivity index (χ3v) is 2.10. The molecule has 17 heavy (non-hydrogen) atoms. The summed E-state index contributed by atoms with van der Waals surface area (Å²) in [5.41, 5.74) is -0.516. The highest BCUT2D eigenvalue weighted by atomic mass is 16.6. The lowest BCUT2D eigenvalue weighted by molar-refractivity contribution is 0.00776. The van der Waals surface area contributed by atoms with Crippen molar-refractivity contribution >= 4 is 6.09 Å². The molecule has 0 aliphatic heterocycles. The molecule has 102 valence electrons. The van der Waals surface area contributed by atoms with Crippen LogP contribution in [0.15, 0.2) is 0 Å². The molecular formula is C12H26N2O3. The summed E-state index contributed by atoms with van der Waals surface area (Å²) in [5, 5.41) is 12.6. The maximum atomic E-state index is 11.9.